The molecule has 0 fully saturated rings. The molecule has 3 aromatic rings. The van der Waals surface area contributed by atoms with Gasteiger partial charge in [-0.1, -0.05) is 27.5 Å². The van der Waals surface area contributed by atoms with Gasteiger partial charge in [-0.15, -0.1) is 0 Å². The van der Waals surface area contributed by atoms with Crippen LogP contribution in [-0.4, -0.2) is 22.7 Å². The van der Waals surface area contributed by atoms with Gasteiger partial charge in [-0.05, 0) is 36.4 Å². The molecule has 8 heteroatoms. The number of nitrogens with zero attached hydrogens (tertiary/aromatic N) is 2. The fourth-order valence-corrected chi connectivity index (χ4v) is 3.26. The number of aromatic nitrogens is 2. The van der Waals surface area contributed by atoms with Crippen molar-refractivity contribution < 1.29 is 14.3 Å². The minimum absolute atomic E-state index is 0.144. The maximum atomic E-state index is 12.3. The molecule has 1 aliphatic heterocycles. The number of carbonyl (C=O) groups excluding carboxylic acids is 1. The summed E-state index contributed by atoms with van der Waals surface area (Å²) in [5.74, 6) is 1.43. The summed E-state index contributed by atoms with van der Waals surface area (Å²) in [5, 5.41) is 2.85. The summed E-state index contributed by atoms with van der Waals surface area (Å²) in [4.78, 5) is 20.4. The molecule has 0 saturated heterocycles. The fourth-order valence-electron chi connectivity index (χ4n) is 2.50. The number of hydrogen-bond donors (Lipinski definition) is 1. The number of carbonyl (C=O) groups is 1. The zero-order chi connectivity index (χ0) is 18.1. The van der Waals surface area contributed by atoms with Crippen LogP contribution in [0.25, 0.3) is 11.1 Å². The minimum atomic E-state index is -0.368. The molecular weight excluding hydrogens is 422 g/mol. The molecule has 0 bridgehead atoms. The lowest BCUT2D eigenvalue weighted by Crippen LogP contribution is -2.13. The van der Waals surface area contributed by atoms with Gasteiger partial charge in [0.25, 0.3) is 5.91 Å². The molecule has 2 aromatic heterocycles. The van der Waals surface area contributed by atoms with Gasteiger partial charge in [0.2, 0.25) is 6.79 Å². The molecule has 6 nitrogen and oxygen atoms in total. The quantitative estimate of drug-likeness (QED) is 0.615. The molecule has 1 aromatic carbocycles. The van der Waals surface area contributed by atoms with E-state index in [2.05, 4.69) is 31.2 Å². The molecular formula is C18H11BrClN3O3. The molecule has 130 valence electrons. The van der Waals surface area contributed by atoms with E-state index < -0.39 is 0 Å². The molecule has 0 atom stereocenters. The number of halogens is 2. The smallest absolute Gasteiger partial charge is 0.259 e. The second kappa shape index (κ2) is 6.93. The molecule has 3 heterocycles. The molecule has 1 amide bonds. The SMILES string of the molecule is O=C(Nc1ccc(-c2cc3c(cc2Br)OCO3)cn1)c1cccnc1Cl. The van der Waals surface area contributed by atoms with Crippen LogP contribution in [0, 0.1) is 0 Å². The highest BCUT2D eigenvalue weighted by molar-refractivity contribution is 9.10. The van der Waals surface area contributed by atoms with Crippen molar-refractivity contribution in [1.29, 1.82) is 0 Å². The largest absolute Gasteiger partial charge is 0.454 e. The molecule has 0 spiro atoms. The average molecular weight is 433 g/mol. The Morgan fingerprint density at radius 2 is 1.96 bits per heavy atom. The first-order valence-electron chi connectivity index (χ1n) is 7.59. The van der Waals surface area contributed by atoms with Crippen molar-refractivity contribution in [3.63, 3.8) is 0 Å². The Morgan fingerprint density at radius 1 is 1.15 bits per heavy atom. The highest BCUT2D eigenvalue weighted by Crippen LogP contribution is 2.40. The van der Waals surface area contributed by atoms with Crippen molar-refractivity contribution in [2.45, 2.75) is 0 Å². The molecule has 0 aliphatic carbocycles. The van der Waals surface area contributed by atoms with E-state index in [0.29, 0.717) is 22.9 Å². The Labute approximate surface area is 162 Å². The third kappa shape index (κ3) is 3.23. The third-order valence-corrected chi connectivity index (χ3v) is 4.74. The van der Waals surface area contributed by atoms with Gasteiger partial charge in [-0.25, -0.2) is 9.97 Å². The van der Waals surface area contributed by atoms with Crippen molar-refractivity contribution >= 4 is 39.3 Å². The van der Waals surface area contributed by atoms with Crippen molar-refractivity contribution in [2.75, 3.05) is 12.1 Å². The van der Waals surface area contributed by atoms with Gasteiger partial charge in [-0.3, -0.25) is 4.79 Å². The van der Waals surface area contributed by atoms with Gasteiger partial charge in [0, 0.05) is 28.0 Å². The molecule has 4 rings (SSSR count). The summed E-state index contributed by atoms with van der Waals surface area (Å²) in [7, 11) is 0. The van der Waals surface area contributed by atoms with E-state index >= 15 is 0 Å². The monoisotopic (exact) mass is 431 g/mol. The maximum absolute atomic E-state index is 12.3. The van der Waals surface area contributed by atoms with Crippen molar-refractivity contribution in [2.24, 2.45) is 0 Å². The molecule has 0 unspecified atom stereocenters. The lowest BCUT2D eigenvalue weighted by molar-refractivity contribution is 0.102. The lowest BCUT2D eigenvalue weighted by atomic mass is 10.1. The number of nitrogens with one attached hydrogen (secondary N) is 1. The van der Waals surface area contributed by atoms with Gasteiger partial charge >= 0.3 is 0 Å². The van der Waals surface area contributed by atoms with Crippen LogP contribution in [0.5, 0.6) is 11.5 Å². The standard InChI is InChI=1S/C18H11BrClN3O3/c19-13-7-15-14(25-9-26-15)6-12(13)10-3-4-16(22-8-10)23-18(24)11-2-1-5-21-17(11)20/h1-8H,9H2,(H,22,23,24). The Hall–Kier alpha value is -2.64. The van der Waals surface area contributed by atoms with Crippen LogP contribution >= 0.6 is 27.5 Å². The number of anilines is 1. The summed E-state index contributed by atoms with van der Waals surface area (Å²) in [6.45, 7) is 0.214. The first-order chi connectivity index (χ1) is 12.6. The molecule has 26 heavy (non-hydrogen) atoms. The fraction of sp³-hybridized carbons (Fsp3) is 0.0556. The van der Waals surface area contributed by atoms with Crippen LogP contribution in [-0.2, 0) is 0 Å². The number of hydrogen-bond acceptors (Lipinski definition) is 5. The minimum Gasteiger partial charge on any atom is -0.454 e. The number of benzene rings is 1. The van der Waals surface area contributed by atoms with E-state index in [1.54, 1.807) is 24.4 Å². The lowest BCUT2D eigenvalue weighted by Gasteiger charge is -2.09. The average Bonchev–Trinajstić information content (AvgIpc) is 3.09. The van der Waals surface area contributed by atoms with Crippen LogP contribution in [0.3, 0.4) is 0 Å². The van der Waals surface area contributed by atoms with Gasteiger partial charge in [0.05, 0.1) is 5.56 Å². The van der Waals surface area contributed by atoms with Gasteiger partial charge in [-0.2, -0.15) is 0 Å². The summed E-state index contributed by atoms with van der Waals surface area (Å²) < 4.78 is 11.6. The van der Waals surface area contributed by atoms with Crippen molar-refractivity contribution in [3.05, 3.63) is 64.0 Å². The Kier molecular flexibility index (Phi) is 4.48. The second-order valence-electron chi connectivity index (χ2n) is 5.41. The van der Waals surface area contributed by atoms with E-state index in [4.69, 9.17) is 21.1 Å². The van der Waals surface area contributed by atoms with Gasteiger partial charge in [0.1, 0.15) is 11.0 Å². The number of pyridine rings is 2. The Bertz CT molecular complexity index is 995. The predicted molar refractivity (Wildman–Crippen MR) is 101 cm³/mol. The number of ether oxygens (including phenoxy) is 2. The van der Waals surface area contributed by atoms with Crippen LogP contribution in [0.15, 0.2) is 53.3 Å². The van der Waals surface area contributed by atoms with E-state index in [0.717, 1.165) is 15.6 Å². The molecule has 1 aliphatic rings. The normalized spacial score (nSPS) is 12.1. The summed E-state index contributed by atoms with van der Waals surface area (Å²) >= 11 is 9.46. The summed E-state index contributed by atoms with van der Waals surface area (Å²) in [6, 6.07) is 10.6. The zero-order valence-electron chi connectivity index (χ0n) is 13.2. The van der Waals surface area contributed by atoms with Crippen LogP contribution in [0.4, 0.5) is 5.82 Å². The van der Waals surface area contributed by atoms with E-state index in [1.165, 1.54) is 6.20 Å². The third-order valence-electron chi connectivity index (χ3n) is 3.78. The van der Waals surface area contributed by atoms with Gasteiger partial charge < -0.3 is 14.8 Å². The van der Waals surface area contributed by atoms with Crippen molar-refractivity contribution in [1.82, 2.24) is 9.97 Å². The van der Waals surface area contributed by atoms with Crippen LogP contribution < -0.4 is 14.8 Å². The van der Waals surface area contributed by atoms with Crippen molar-refractivity contribution in [3.8, 4) is 22.6 Å². The highest BCUT2D eigenvalue weighted by Gasteiger charge is 2.17. The molecule has 0 saturated carbocycles. The number of rotatable bonds is 3. The Balaban J connectivity index is 1.56. The van der Waals surface area contributed by atoms with Crippen LogP contribution in [0.1, 0.15) is 10.4 Å². The maximum Gasteiger partial charge on any atom is 0.259 e. The topological polar surface area (TPSA) is 73.3 Å². The molecule has 0 radical (unpaired) electrons. The zero-order valence-corrected chi connectivity index (χ0v) is 15.5. The molecule has 1 N–H and O–H groups in total. The summed E-state index contributed by atoms with van der Waals surface area (Å²) in [6.07, 6.45) is 3.19. The second-order valence-corrected chi connectivity index (χ2v) is 6.63. The number of amides is 1. The van der Waals surface area contributed by atoms with Gasteiger partial charge in [0.15, 0.2) is 11.5 Å². The van der Waals surface area contributed by atoms with E-state index in [1.807, 2.05) is 18.2 Å². The predicted octanol–water partition coefficient (Wildman–Crippen LogP) is 4.54. The first-order valence-corrected chi connectivity index (χ1v) is 8.76. The Morgan fingerprint density at radius 3 is 2.69 bits per heavy atom. The summed E-state index contributed by atoms with van der Waals surface area (Å²) in [5.41, 5.74) is 2.07. The van der Waals surface area contributed by atoms with Crippen LogP contribution in [0.2, 0.25) is 5.15 Å². The first kappa shape index (κ1) is 16.8. The van der Waals surface area contributed by atoms with E-state index in [9.17, 15) is 4.79 Å². The highest BCUT2D eigenvalue weighted by atomic mass is 79.9. The van der Waals surface area contributed by atoms with E-state index in [-0.39, 0.29) is 17.9 Å². The number of fused-ring (bicyclic) bond motifs is 1.